The van der Waals surface area contributed by atoms with Crippen LogP contribution in [0, 0.1) is 5.41 Å². The second-order valence-electron chi connectivity index (χ2n) is 8.73. The van der Waals surface area contributed by atoms with Crippen molar-refractivity contribution in [2.24, 2.45) is 0 Å². The summed E-state index contributed by atoms with van der Waals surface area (Å²) in [5.41, 5.74) is 3.59. The third kappa shape index (κ3) is 4.55. The number of rotatable bonds is 6. The van der Waals surface area contributed by atoms with Crippen molar-refractivity contribution in [3.63, 3.8) is 0 Å². The van der Waals surface area contributed by atoms with Crippen molar-refractivity contribution in [3.05, 3.63) is 95.6 Å². The average Bonchev–Trinajstić information content (AvgIpc) is 2.87. The van der Waals surface area contributed by atoms with E-state index in [0.717, 1.165) is 73.8 Å². The molecule has 3 aromatic carbocycles. The molecule has 0 aromatic heterocycles. The molecule has 1 fully saturated rings. The average molecular weight is 440 g/mol. The van der Waals surface area contributed by atoms with E-state index in [1.165, 1.54) is 0 Å². The van der Waals surface area contributed by atoms with Crippen LogP contribution in [0.4, 0.5) is 0 Å². The molecule has 2 heterocycles. The quantitative estimate of drug-likeness (QED) is 0.555. The molecule has 0 radical (unpaired) electrons. The van der Waals surface area contributed by atoms with Gasteiger partial charge in [0.15, 0.2) is 0 Å². The Morgan fingerprint density at radius 3 is 2.03 bits per heavy atom. The highest BCUT2D eigenvalue weighted by molar-refractivity contribution is 5.98. The lowest BCUT2D eigenvalue weighted by Crippen LogP contribution is -2.50. The molecular weight excluding hydrogens is 410 g/mol. The molecule has 0 aliphatic carbocycles. The Morgan fingerprint density at radius 2 is 1.39 bits per heavy atom. The minimum absolute atomic E-state index is 0.156. The molecule has 0 saturated carbocycles. The monoisotopic (exact) mass is 439 g/mol. The number of hydrogen-bond donors (Lipinski definition) is 1. The number of hydrogen-bond acceptors (Lipinski definition) is 4. The number of benzene rings is 3. The van der Waals surface area contributed by atoms with E-state index in [4.69, 9.17) is 10.1 Å². The van der Waals surface area contributed by atoms with E-state index in [1.807, 2.05) is 83.8 Å². The van der Waals surface area contributed by atoms with Gasteiger partial charge < -0.3 is 15.0 Å². The molecular formula is C28H29N3O2. The molecule has 5 nitrogen and oxygen atoms in total. The molecule has 2 aliphatic rings. The summed E-state index contributed by atoms with van der Waals surface area (Å²) in [6.45, 7) is 4.17. The molecule has 2 aliphatic heterocycles. The van der Waals surface area contributed by atoms with Gasteiger partial charge in [-0.05, 0) is 37.1 Å². The largest absolute Gasteiger partial charge is 0.457 e. The van der Waals surface area contributed by atoms with E-state index in [-0.39, 0.29) is 11.8 Å². The fourth-order valence-electron chi connectivity index (χ4n) is 4.81. The van der Waals surface area contributed by atoms with Crippen LogP contribution in [0.3, 0.4) is 0 Å². The van der Waals surface area contributed by atoms with Crippen molar-refractivity contribution >= 4 is 11.6 Å². The zero-order valence-corrected chi connectivity index (χ0v) is 18.7. The Balaban J connectivity index is 1.19. The first-order chi connectivity index (χ1) is 16.2. The first-order valence-corrected chi connectivity index (χ1v) is 11.7. The molecule has 5 rings (SSSR count). The van der Waals surface area contributed by atoms with Gasteiger partial charge in [0.05, 0.1) is 5.92 Å². The van der Waals surface area contributed by atoms with Gasteiger partial charge in [0.2, 0.25) is 5.91 Å². The van der Waals surface area contributed by atoms with Gasteiger partial charge >= 0.3 is 0 Å². The van der Waals surface area contributed by atoms with Crippen molar-refractivity contribution in [1.82, 2.24) is 9.80 Å². The van der Waals surface area contributed by atoms with Gasteiger partial charge in [-0.3, -0.25) is 9.69 Å². The molecule has 5 heteroatoms. The van der Waals surface area contributed by atoms with E-state index in [2.05, 4.69) is 4.90 Å². The standard InChI is InChI=1S/C28H29N3O2/c29-24(21-9-2-1-3-10-21)13-8-16-30-17-19-31(20-18-30)28(32)27-22-11-4-6-14-25(22)33-26-15-7-5-12-23(26)27/h1-7,9-12,14-15,27,29H,8,13,16-20H2. The maximum absolute atomic E-state index is 13.7. The highest BCUT2D eigenvalue weighted by atomic mass is 16.5. The minimum Gasteiger partial charge on any atom is -0.457 e. The number of ether oxygens (including phenoxy) is 1. The zero-order chi connectivity index (χ0) is 22.6. The third-order valence-electron chi connectivity index (χ3n) is 6.63. The summed E-state index contributed by atoms with van der Waals surface area (Å²) in [7, 11) is 0. The van der Waals surface area contributed by atoms with E-state index >= 15 is 0 Å². The maximum atomic E-state index is 13.7. The predicted molar refractivity (Wildman–Crippen MR) is 130 cm³/mol. The number of para-hydroxylation sites is 2. The highest BCUT2D eigenvalue weighted by Gasteiger charge is 2.35. The second-order valence-corrected chi connectivity index (χ2v) is 8.73. The van der Waals surface area contributed by atoms with Crippen LogP contribution in [0.5, 0.6) is 11.5 Å². The molecule has 1 amide bonds. The summed E-state index contributed by atoms with van der Waals surface area (Å²) in [5.74, 6) is 1.39. The number of nitrogens with zero attached hydrogens (tertiary/aromatic N) is 2. The normalized spacial score (nSPS) is 15.9. The number of carbonyl (C=O) groups excluding carboxylic acids is 1. The molecule has 0 unspecified atom stereocenters. The smallest absolute Gasteiger partial charge is 0.234 e. The molecule has 33 heavy (non-hydrogen) atoms. The van der Waals surface area contributed by atoms with Gasteiger partial charge in [0.1, 0.15) is 11.5 Å². The van der Waals surface area contributed by atoms with Gasteiger partial charge in [0.25, 0.3) is 0 Å². The molecule has 3 aromatic rings. The Morgan fingerprint density at radius 1 is 0.818 bits per heavy atom. The molecule has 1 N–H and O–H groups in total. The van der Waals surface area contributed by atoms with Crippen LogP contribution in [-0.2, 0) is 4.79 Å². The van der Waals surface area contributed by atoms with Crippen LogP contribution in [-0.4, -0.2) is 54.1 Å². The summed E-state index contributed by atoms with van der Waals surface area (Å²) < 4.78 is 6.06. The Hall–Kier alpha value is -3.44. The first kappa shape index (κ1) is 21.4. The van der Waals surface area contributed by atoms with E-state index in [1.54, 1.807) is 0 Å². The Labute approximate surface area is 195 Å². The van der Waals surface area contributed by atoms with Crippen molar-refractivity contribution in [1.29, 1.82) is 5.41 Å². The van der Waals surface area contributed by atoms with Gasteiger partial charge in [0, 0.05) is 43.0 Å². The molecule has 0 bridgehead atoms. The van der Waals surface area contributed by atoms with Gasteiger partial charge in [-0.25, -0.2) is 0 Å². The van der Waals surface area contributed by atoms with Crippen molar-refractivity contribution in [2.75, 3.05) is 32.7 Å². The van der Waals surface area contributed by atoms with E-state index in [9.17, 15) is 4.79 Å². The lowest BCUT2D eigenvalue weighted by Gasteiger charge is -2.38. The summed E-state index contributed by atoms with van der Waals surface area (Å²) >= 11 is 0. The molecule has 1 saturated heterocycles. The number of carbonyl (C=O) groups is 1. The SMILES string of the molecule is N=C(CCCN1CCN(C(=O)C2c3ccccc3Oc3ccccc32)CC1)c1ccccc1. The van der Waals surface area contributed by atoms with Gasteiger partial charge in [-0.15, -0.1) is 0 Å². The fraction of sp³-hybridized carbons (Fsp3) is 0.286. The van der Waals surface area contributed by atoms with Crippen molar-refractivity contribution in [2.45, 2.75) is 18.8 Å². The lowest BCUT2D eigenvalue weighted by molar-refractivity contribution is -0.133. The summed E-state index contributed by atoms with van der Waals surface area (Å²) in [5, 5.41) is 8.29. The van der Waals surface area contributed by atoms with E-state index < -0.39 is 0 Å². The third-order valence-corrected chi connectivity index (χ3v) is 6.63. The lowest BCUT2D eigenvalue weighted by atomic mass is 9.86. The number of fused-ring (bicyclic) bond motifs is 2. The molecule has 0 spiro atoms. The molecule has 0 atom stereocenters. The number of nitrogens with one attached hydrogen (secondary N) is 1. The maximum Gasteiger partial charge on any atom is 0.234 e. The summed E-state index contributed by atoms with van der Waals surface area (Å²) in [6.07, 6.45) is 1.74. The topological polar surface area (TPSA) is 56.6 Å². The molecule has 168 valence electrons. The number of amides is 1. The van der Waals surface area contributed by atoms with Crippen LogP contribution in [0.1, 0.15) is 35.4 Å². The van der Waals surface area contributed by atoms with Crippen LogP contribution < -0.4 is 4.74 Å². The van der Waals surface area contributed by atoms with Gasteiger partial charge in [-0.1, -0.05) is 66.7 Å². The van der Waals surface area contributed by atoms with Crippen molar-refractivity contribution in [3.8, 4) is 11.5 Å². The first-order valence-electron chi connectivity index (χ1n) is 11.7. The van der Waals surface area contributed by atoms with Crippen LogP contribution in [0.2, 0.25) is 0 Å². The number of piperazine rings is 1. The summed E-state index contributed by atoms with van der Waals surface area (Å²) in [6, 6.07) is 25.7. The zero-order valence-electron chi connectivity index (χ0n) is 18.7. The van der Waals surface area contributed by atoms with Crippen molar-refractivity contribution < 1.29 is 9.53 Å². The van der Waals surface area contributed by atoms with Crippen LogP contribution in [0.25, 0.3) is 0 Å². The predicted octanol–water partition coefficient (Wildman–Crippen LogP) is 4.92. The van der Waals surface area contributed by atoms with Crippen LogP contribution >= 0.6 is 0 Å². The minimum atomic E-state index is -0.316. The van der Waals surface area contributed by atoms with Gasteiger partial charge in [-0.2, -0.15) is 0 Å². The van der Waals surface area contributed by atoms with Crippen LogP contribution in [0.15, 0.2) is 78.9 Å². The second kappa shape index (κ2) is 9.59. The Kier molecular flexibility index (Phi) is 6.22. The highest BCUT2D eigenvalue weighted by Crippen LogP contribution is 2.44. The Bertz CT molecular complexity index is 1090. The van der Waals surface area contributed by atoms with E-state index in [0.29, 0.717) is 5.71 Å². The fourth-order valence-corrected chi connectivity index (χ4v) is 4.81. The summed E-state index contributed by atoms with van der Waals surface area (Å²) in [4.78, 5) is 18.1.